The van der Waals surface area contributed by atoms with E-state index < -0.39 is 0 Å². The minimum absolute atomic E-state index is 0.112. The molecule has 1 saturated heterocycles. The molecule has 2 aromatic heterocycles. The molecule has 7 rings (SSSR count). The number of amides is 1. The first-order chi connectivity index (χ1) is 19.6. The van der Waals surface area contributed by atoms with Gasteiger partial charge in [0.2, 0.25) is 11.1 Å². The number of likely N-dealkylation sites (tertiary alicyclic amines) is 1. The number of aryl methyl sites for hydroxylation is 3. The number of fused-ring (bicyclic) bond motifs is 6. The standard InChI is InChI=1S/C32H32N6OS/c1-21-12-13-27-24(18-21)25-19-36(2)16-15-28(25)38(27)29(39)20-40-32-33-31-30(34-35-32)23-10-6-7-11-26(23)37(31)17-14-22-8-4-3-5-9-22/h3-13,18,25,28H,14-17,19-20H2,1-2H3/t25-,28-/m1/s1. The molecule has 3 aromatic carbocycles. The topological polar surface area (TPSA) is 67.2 Å². The first-order valence-corrected chi connectivity index (χ1v) is 14.9. The molecule has 7 nitrogen and oxygen atoms in total. The van der Waals surface area contributed by atoms with E-state index in [1.165, 1.54) is 28.5 Å². The lowest BCUT2D eigenvalue weighted by atomic mass is 9.89. The van der Waals surface area contributed by atoms with Gasteiger partial charge < -0.3 is 14.4 Å². The summed E-state index contributed by atoms with van der Waals surface area (Å²) in [6.45, 7) is 4.90. The number of nitrogens with zero attached hydrogens (tertiary/aromatic N) is 6. The molecule has 2 aliphatic heterocycles. The highest BCUT2D eigenvalue weighted by Crippen LogP contribution is 2.45. The lowest BCUT2D eigenvalue weighted by Crippen LogP contribution is -2.47. The van der Waals surface area contributed by atoms with Crippen molar-refractivity contribution in [2.75, 3.05) is 30.8 Å². The van der Waals surface area contributed by atoms with Crippen LogP contribution in [0.1, 0.15) is 29.0 Å². The second-order valence-corrected chi connectivity index (χ2v) is 12.0. The second-order valence-electron chi connectivity index (χ2n) is 11.0. The highest BCUT2D eigenvalue weighted by Gasteiger charge is 2.43. The Labute approximate surface area is 238 Å². The van der Waals surface area contributed by atoms with E-state index in [1.807, 2.05) is 18.2 Å². The Kier molecular flexibility index (Phi) is 6.52. The summed E-state index contributed by atoms with van der Waals surface area (Å²) in [4.78, 5) is 23.1. The third-order valence-electron chi connectivity index (χ3n) is 8.37. The van der Waals surface area contributed by atoms with Crippen LogP contribution in [0, 0.1) is 6.92 Å². The number of anilines is 1. The van der Waals surface area contributed by atoms with E-state index in [4.69, 9.17) is 4.98 Å². The fraction of sp³-hybridized carbons (Fsp3) is 0.312. The zero-order valence-electron chi connectivity index (χ0n) is 22.8. The van der Waals surface area contributed by atoms with Crippen LogP contribution >= 0.6 is 11.8 Å². The predicted molar refractivity (Wildman–Crippen MR) is 161 cm³/mol. The molecule has 1 amide bonds. The van der Waals surface area contributed by atoms with Gasteiger partial charge in [0.15, 0.2) is 5.65 Å². The fourth-order valence-corrected chi connectivity index (χ4v) is 7.10. The molecule has 0 unspecified atom stereocenters. The molecule has 0 aliphatic carbocycles. The highest BCUT2D eigenvalue weighted by molar-refractivity contribution is 7.99. The van der Waals surface area contributed by atoms with Gasteiger partial charge in [0.1, 0.15) is 5.52 Å². The summed E-state index contributed by atoms with van der Waals surface area (Å²) in [5.41, 5.74) is 7.62. The number of carbonyl (C=O) groups excluding carboxylic acids is 1. The lowest BCUT2D eigenvalue weighted by molar-refractivity contribution is -0.116. The van der Waals surface area contributed by atoms with Gasteiger partial charge in [0, 0.05) is 36.1 Å². The van der Waals surface area contributed by atoms with Crippen LogP contribution in [0.2, 0.25) is 0 Å². The van der Waals surface area contributed by atoms with E-state index in [1.54, 1.807) is 0 Å². The molecule has 202 valence electrons. The van der Waals surface area contributed by atoms with Crippen molar-refractivity contribution in [2.24, 2.45) is 0 Å². The quantitative estimate of drug-likeness (QED) is 0.263. The van der Waals surface area contributed by atoms with E-state index in [-0.39, 0.29) is 17.7 Å². The van der Waals surface area contributed by atoms with E-state index in [2.05, 4.69) is 93.1 Å². The van der Waals surface area contributed by atoms with Gasteiger partial charge in [-0.1, -0.05) is 78.0 Å². The molecular weight excluding hydrogens is 516 g/mol. The Morgan fingerprint density at radius 1 is 1.02 bits per heavy atom. The number of hydrogen-bond acceptors (Lipinski definition) is 6. The minimum atomic E-state index is 0.112. The number of carbonyl (C=O) groups is 1. The van der Waals surface area contributed by atoms with Gasteiger partial charge in [-0.3, -0.25) is 4.79 Å². The summed E-state index contributed by atoms with van der Waals surface area (Å²) < 4.78 is 2.24. The molecule has 1 fully saturated rings. The van der Waals surface area contributed by atoms with E-state index in [9.17, 15) is 4.79 Å². The Balaban J connectivity index is 1.16. The monoisotopic (exact) mass is 548 g/mol. The van der Waals surface area contributed by atoms with Gasteiger partial charge in [0.25, 0.3) is 0 Å². The Bertz CT molecular complexity index is 1720. The lowest BCUT2D eigenvalue weighted by Gasteiger charge is -2.36. The summed E-state index contributed by atoms with van der Waals surface area (Å²) in [5, 5.41) is 10.6. The summed E-state index contributed by atoms with van der Waals surface area (Å²) in [5.74, 6) is 0.752. The van der Waals surface area contributed by atoms with Crippen molar-refractivity contribution in [1.29, 1.82) is 0 Å². The fourth-order valence-electron chi connectivity index (χ4n) is 6.46. The SMILES string of the molecule is Cc1ccc2c(c1)[C@H]1CN(C)CC[C@H]1N2C(=O)CSc1nnc2c3ccccc3n(CCc3ccccc3)c2n1. The maximum absolute atomic E-state index is 13.7. The molecule has 0 bridgehead atoms. The Morgan fingerprint density at radius 2 is 1.85 bits per heavy atom. The molecular formula is C32H32N6OS. The van der Waals surface area contributed by atoms with Crippen LogP contribution in [-0.2, 0) is 17.8 Å². The van der Waals surface area contributed by atoms with Gasteiger partial charge in [-0.25, -0.2) is 4.98 Å². The van der Waals surface area contributed by atoms with Crippen LogP contribution in [0.15, 0.2) is 78.0 Å². The zero-order chi connectivity index (χ0) is 27.2. The molecule has 4 heterocycles. The van der Waals surface area contributed by atoms with Gasteiger partial charge in [-0.2, -0.15) is 0 Å². The molecule has 8 heteroatoms. The summed E-state index contributed by atoms with van der Waals surface area (Å²) >= 11 is 1.38. The summed E-state index contributed by atoms with van der Waals surface area (Å²) in [6.07, 6.45) is 1.88. The van der Waals surface area contributed by atoms with Crippen LogP contribution in [0.3, 0.4) is 0 Å². The van der Waals surface area contributed by atoms with Gasteiger partial charge in [-0.05, 0) is 56.6 Å². The number of rotatable bonds is 6. The highest BCUT2D eigenvalue weighted by atomic mass is 32.2. The normalized spacial score (nSPS) is 18.8. The molecule has 0 saturated carbocycles. The number of benzene rings is 3. The second kappa shape index (κ2) is 10.3. The van der Waals surface area contributed by atoms with Crippen LogP contribution in [-0.4, -0.2) is 62.5 Å². The first kappa shape index (κ1) is 25.2. The van der Waals surface area contributed by atoms with Crippen molar-refractivity contribution < 1.29 is 4.79 Å². The van der Waals surface area contributed by atoms with Crippen LogP contribution in [0.4, 0.5) is 5.69 Å². The van der Waals surface area contributed by atoms with Crippen LogP contribution in [0.25, 0.3) is 22.1 Å². The minimum Gasteiger partial charge on any atom is -0.323 e. The molecule has 0 spiro atoms. The molecule has 2 atom stereocenters. The van der Waals surface area contributed by atoms with Gasteiger partial charge >= 0.3 is 0 Å². The maximum Gasteiger partial charge on any atom is 0.237 e. The van der Waals surface area contributed by atoms with Crippen molar-refractivity contribution in [3.8, 4) is 0 Å². The number of thioether (sulfide) groups is 1. The third kappa shape index (κ3) is 4.45. The summed E-state index contributed by atoms with van der Waals surface area (Å²) in [7, 11) is 2.17. The van der Waals surface area contributed by atoms with Crippen LogP contribution < -0.4 is 4.90 Å². The van der Waals surface area contributed by atoms with Crippen molar-refractivity contribution in [2.45, 2.75) is 43.4 Å². The number of piperidine rings is 1. The average Bonchev–Trinajstić information content (AvgIpc) is 3.47. The van der Waals surface area contributed by atoms with Crippen LogP contribution in [0.5, 0.6) is 0 Å². The van der Waals surface area contributed by atoms with Gasteiger partial charge in [0.05, 0.1) is 11.3 Å². The largest absolute Gasteiger partial charge is 0.323 e. The van der Waals surface area contributed by atoms with Crippen molar-refractivity contribution in [3.05, 3.63) is 89.5 Å². The maximum atomic E-state index is 13.7. The third-order valence-corrected chi connectivity index (χ3v) is 9.19. The predicted octanol–water partition coefficient (Wildman–Crippen LogP) is 5.46. The molecule has 5 aromatic rings. The summed E-state index contributed by atoms with van der Waals surface area (Å²) in [6, 6.07) is 25.5. The Hall–Kier alpha value is -3.75. The molecule has 0 radical (unpaired) electrons. The number of para-hydroxylation sites is 1. The number of likely N-dealkylation sites (N-methyl/N-ethyl adjacent to an activating group) is 1. The van der Waals surface area contributed by atoms with E-state index in [0.717, 1.165) is 60.2 Å². The van der Waals surface area contributed by atoms with Gasteiger partial charge in [-0.15, -0.1) is 10.2 Å². The molecule has 2 aliphatic rings. The average molecular weight is 549 g/mol. The number of aromatic nitrogens is 4. The van der Waals surface area contributed by atoms with E-state index >= 15 is 0 Å². The Morgan fingerprint density at radius 3 is 2.73 bits per heavy atom. The zero-order valence-corrected chi connectivity index (χ0v) is 23.6. The van der Waals surface area contributed by atoms with E-state index in [0.29, 0.717) is 11.1 Å². The number of hydrogen-bond donors (Lipinski definition) is 0. The van der Waals surface area contributed by atoms with Crippen molar-refractivity contribution in [1.82, 2.24) is 24.6 Å². The smallest absolute Gasteiger partial charge is 0.237 e. The van der Waals surface area contributed by atoms with Crippen molar-refractivity contribution in [3.63, 3.8) is 0 Å². The first-order valence-electron chi connectivity index (χ1n) is 14.0. The molecule has 40 heavy (non-hydrogen) atoms. The van der Waals surface area contributed by atoms with Crippen molar-refractivity contribution >= 4 is 45.4 Å². The molecule has 0 N–H and O–H groups in total.